The summed E-state index contributed by atoms with van der Waals surface area (Å²) >= 11 is 0. The summed E-state index contributed by atoms with van der Waals surface area (Å²) in [4.78, 5) is 4.99. The highest BCUT2D eigenvalue weighted by molar-refractivity contribution is 7.90. The van der Waals surface area contributed by atoms with Gasteiger partial charge < -0.3 is 0 Å². The number of nitrogens with zero attached hydrogens (tertiary/aromatic N) is 1. The smallest absolute Gasteiger partial charge is 0.263 e. The van der Waals surface area contributed by atoms with Gasteiger partial charge in [0.05, 0.1) is 10.9 Å². The number of amidine groups is 1. The van der Waals surface area contributed by atoms with Crippen LogP contribution in [0.3, 0.4) is 0 Å². The molecule has 0 saturated heterocycles. The summed E-state index contributed by atoms with van der Waals surface area (Å²) in [5.41, 5.74) is 0.709. The van der Waals surface area contributed by atoms with Crippen LogP contribution in [0.2, 0.25) is 0 Å². The van der Waals surface area contributed by atoms with Crippen molar-refractivity contribution in [3.63, 3.8) is 0 Å². The Morgan fingerprint density at radius 1 is 1.26 bits per heavy atom. The second-order valence-electron chi connectivity index (χ2n) is 5.50. The highest BCUT2D eigenvalue weighted by Crippen LogP contribution is 2.28. The molecule has 19 heavy (non-hydrogen) atoms. The molecule has 0 radical (unpaired) electrons. The number of rotatable bonds is 1. The second kappa shape index (κ2) is 4.63. The van der Waals surface area contributed by atoms with Crippen molar-refractivity contribution in [3.05, 3.63) is 29.8 Å². The summed E-state index contributed by atoms with van der Waals surface area (Å²) in [6.07, 6.45) is 4.53. The first-order valence-electron chi connectivity index (χ1n) is 6.76. The predicted molar refractivity (Wildman–Crippen MR) is 74.7 cm³/mol. The lowest BCUT2D eigenvalue weighted by Crippen LogP contribution is -2.25. The number of hydrogen-bond acceptors (Lipinski definition) is 3. The van der Waals surface area contributed by atoms with Crippen molar-refractivity contribution in [2.24, 2.45) is 10.9 Å². The van der Waals surface area contributed by atoms with E-state index in [0.717, 1.165) is 12.8 Å². The monoisotopic (exact) mass is 278 g/mol. The van der Waals surface area contributed by atoms with Gasteiger partial charge in [0.2, 0.25) is 0 Å². The van der Waals surface area contributed by atoms with Gasteiger partial charge in [-0.1, -0.05) is 31.9 Å². The summed E-state index contributed by atoms with van der Waals surface area (Å²) < 4.78 is 26.5. The molecule has 1 heterocycles. The van der Waals surface area contributed by atoms with Crippen molar-refractivity contribution >= 4 is 15.9 Å². The molecule has 5 heteroatoms. The Labute approximate surface area is 114 Å². The van der Waals surface area contributed by atoms with Gasteiger partial charge in [0.15, 0.2) is 0 Å². The average molecular weight is 278 g/mol. The molecule has 1 fully saturated rings. The second-order valence-corrected chi connectivity index (χ2v) is 7.16. The third-order valence-corrected chi connectivity index (χ3v) is 5.28. The molecule has 1 aromatic carbocycles. The molecular weight excluding hydrogens is 260 g/mol. The van der Waals surface area contributed by atoms with E-state index >= 15 is 0 Å². The summed E-state index contributed by atoms with van der Waals surface area (Å²) in [5, 5.41) is 0. The van der Waals surface area contributed by atoms with Crippen LogP contribution in [0.1, 0.15) is 38.2 Å². The maximum Gasteiger partial charge on any atom is 0.263 e. The highest BCUT2D eigenvalue weighted by atomic mass is 32.2. The van der Waals surface area contributed by atoms with Crippen molar-refractivity contribution in [3.8, 4) is 0 Å². The fourth-order valence-electron chi connectivity index (χ4n) is 2.93. The lowest BCUT2D eigenvalue weighted by atomic mass is 9.87. The molecule has 0 spiro atoms. The first kappa shape index (κ1) is 12.7. The van der Waals surface area contributed by atoms with Gasteiger partial charge in [-0.3, -0.25) is 9.71 Å². The highest BCUT2D eigenvalue weighted by Gasteiger charge is 2.31. The van der Waals surface area contributed by atoms with E-state index in [1.165, 1.54) is 12.8 Å². The number of aliphatic imine (C=N–C) groups is 1. The fraction of sp³-hybridized carbons (Fsp3) is 0.500. The SMILES string of the molecule is CC1CCCC(N=C2NS(=O)(=O)c3ccccc32)C1. The van der Waals surface area contributed by atoms with Crippen LogP contribution in [-0.2, 0) is 10.0 Å². The molecule has 1 aliphatic carbocycles. The van der Waals surface area contributed by atoms with E-state index in [0.29, 0.717) is 22.2 Å². The lowest BCUT2D eigenvalue weighted by Gasteiger charge is -2.24. The fourth-order valence-corrected chi connectivity index (χ4v) is 4.17. The predicted octanol–water partition coefficient (Wildman–Crippen LogP) is 2.30. The molecule has 0 bridgehead atoms. The normalized spacial score (nSPS) is 30.9. The molecule has 1 aliphatic heterocycles. The zero-order valence-electron chi connectivity index (χ0n) is 11.0. The van der Waals surface area contributed by atoms with E-state index in [1.54, 1.807) is 12.1 Å². The van der Waals surface area contributed by atoms with E-state index in [9.17, 15) is 8.42 Å². The Morgan fingerprint density at radius 2 is 2.05 bits per heavy atom. The zero-order valence-corrected chi connectivity index (χ0v) is 11.8. The summed E-state index contributed by atoms with van der Waals surface area (Å²) in [5.74, 6) is 1.20. The topological polar surface area (TPSA) is 58.5 Å². The maximum atomic E-state index is 12.0. The van der Waals surface area contributed by atoms with Crippen LogP contribution in [0.15, 0.2) is 34.2 Å². The molecule has 1 saturated carbocycles. The standard InChI is InChI=1S/C14H18N2O2S/c1-10-5-4-6-11(9-10)15-14-12-7-2-3-8-13(12)19(17,18)16-14/h2-3,7-8,10-11H,4-6,9H2,1H3,(H,15,16). The van der Waals surface area contributed by atoms with E-state index < -0.39 is 10.0 Å². The van der Waals surface area contributed by atoms with Crippen molar-refractivity contribution < 1.29 is 8.42 Å². The Kier molecular flexibility index (Phi) is 3.09. The van der Waals surface area contributed by atoms with E-state index in [4.69, 9.17) is 0 Å². The molecule has 0 aromatic heterocycles. The molecule has 2 aliphatic rings. The van der Waals surface area contributed by atoms with E-state index in [2.05, 4.69) is 16.6 Å². The first-order chi connectivity index (χ1) is 9.06. The van der Waals surface area contributed by atoms with Crippen LogP contribution in [0.5, 0.6) is 0 Å². The summed E-state index contributed by atoms with van der Waals surface area (Å²) in [7, 11) is -3.40. The van der Waals surface area contributed by atoms with Gasteiger partial charge in [-0.15, -0.1) is 0 Å². The number of sulfonamides is 1. The molecule has 4 nitrogen and oxygen atoms in total. The minimum atomic E-state index is -3.40. The van der Waals surface area contributed by atoms with Gasteiger partial charge in [-0.05, 0) is 30.9 Å². The zero-order chi connectivity index (χ0) is 13.5. The molecule has 2 unspecified atom stereocenters. The molecule has 0 amide bonds. The minimum Gasteiger partial charge on any atom is -0.264 e. The Balaban J connectivity index is 1.95. The Hall–Kier alpha value is -1.36. The van der Waals surface area contributed by atoms with Crippen molar-refractivity contribution in [2.75, 3.05) is 0 Å². The van der Waals surface area contributed by atoms with Gasteiger partial charge in [-0.2, -0.15) is 0 Å². The molecule has 1 N–H and O–H groups in total. The van der Waals surface area contributed by atoms with Gasteiger partial charge in [-0.25, -0.2) is 8.42 Å². The van der Waals surface area contributed by atoms with Crippen LogP contribution in [0, 0.1) is 5.92 Å². The number of nitrogens with one attached hydrogen (secondary N) is 1. The third-order valence-electron chi connectivity index (χ3n) is 3.88. The molecule has 1 aromatic rings. The Morgan fingerprint density at radius 3 is 2.84 bits per heavy atom. The van der Waals surface area contributed by atoms with Crippen molar-refractivity contribution in [1.29, 1.82) is 0 Å². The lowest BCUT2D eigenvalue weighted by molar-refractivity contribution is 0.345. The van der Waals surface area contributed by atoms with Crippen LogP contribution < -0.4 is 4.72 Å². The van der Waals surface area contributed by atoms with Crippen LogP contribution in [0.4, 0.5) is 0 Å². The molecular formula is C14H18N2O2S. The first-order valence-corrected chi connectivity index (χ1v) is 8.24. The minimum absolute atomic E-state index is 0.243. The van der Waals surface area contributed by atoms with Crippen LogP contribution in [0.25, 0.3) is 0 Å². The molecule has 3 rings (SSSR count). The Bertz CT molecular complexity index is 622. The van der Waals surface area contributed by atoms with Gasteiger partial charge in [0.1, 0.15) is 5.84 Å². The number of fused-ring (bicyclic) bond motifs is 1. The largest absolute Gasteiger partial charge is 0.264 e. The molecule has 2 atom stereocenters. The quantitative estimate of drug-likeness (QED) is 0.857. The van der Waals surface area contributed by atoms with E-state index in [1.807, 2.05) is 12.1 Å². The number of hydrogen-bond donors (Lipinski definition) is 1. The number of benzene rings is 1. The molecule has 102 valence electrons. The van der Waals surface area contributed by atoms with Gasteiger partial charge in [0.25, 0.3) is 10.0 Å². The summed E-state index contributed by atoms with van der Waals surface area (Å²) in [6, 6.07) is 7.28. The van der Waals surface area contributed by atoms with Crippen LogP contribution in [-0.4, -0.2) is 20.3 Å². The summed E-state index contributed by atoms with van der Waals surface area (Å²) in [6.45, 7) is 2.24. The van der Waals surface area contributed by atoms with E-state index in [-0.39, 0.29) is 6.04 Å². The maximum absolute atomic E-state index is 12.0. The van der Waals surface area contributed by atoms with Crippen LogP contribution >= 0.6 is 0 Å². The van der Waals surface area contributed by atoms with Gasteiger partial charge in [0, 0.05) is 5.56 Å². The van der Waals surface area contributed by atoms with Crippen molar-refractivity contribution in [2.45, 2.75) is 43.5 Å². The average Bonchev–Trinajstić information content (AvgIpc) is 2.62. The third kappa shape index (κ3) is 2.39. The van der Waals surface area contributed by atoms with Gasteiger partial charge >= 0.3 is 0 Å². The van der Waals surface area contributed by atoms with Crippen molar-refractivity contribution in [1.82, 2.24) is 4.72 Å².